The average molecular weight is 300 g/mol. The van der Waals surface area contributed by atoms with E-state index in [4.69, 9.17) is 5.11 Å². The number of benzene rings is 1. The van der Waals surface area contributed by atoms with Crippen molar-refractivity contribution in [2.24, 2.45) is 0 Å². The van der Waals surface area contributed by atoms with Crippen LogP contribution >= 0.6 is 11.3 Å². The van der Waals surface area contributed by atoms with Crippen molar-refractivity contribution in [2.75, 3.05) is 5.32 Å². The van der Waals surface area contributed by atoms with E-state index in [0.717, 1.165) is 27.8 Å². The molecular weight excluding hydrogens is 288 g/mol. The van der Waals surface area contributed by atoms with E-state index in [0.29, 0.717) is 11.4 Å². The van der Waals surface area contributed by atoms with E-state index in [-0.39, 0.29) is 10.8 Å². The maximum atomic E-state index is 12.3. The zero-order valence-electron chi connectivity index (χ0n) is 11.1. The van der Waals surface area contributed by atoms with Crippen molar-refractivity contribution in [3.8, 4) is 0 Å². The molecule has 2 aromatic heterocycles. The normalized spacial score (nSPS) is 10.7. The van der Waals surface area contributed by atoms with E-state index < -0.39 is 5.97 Å². The van der Waals surface area contributed by atoms with Gasteiger partial charge in [-0.2, -0.15) is 0 Å². The molecule has 0 aliphatic carbocycles. The Hall–Kier alpha value is -2.60. The number of aryl methyl sites for hydroxylation is 1. The van der Waals surface area contributed by atoms with Gasteiger partial charge in [-0.3, -0.25) is 4.79 Å². The molecular formula is C15H12N2O3S. The van der Waals surface area contributed by atoms with Crippen LogP contribution in [0.3, 0.4) is 0 Å². The Bertz CT molecular complexity index is 815. The summed E-state index contributed by atoms with van der Waals surface area (Å²) in [6.45, 7) is 1.77. The quantitative estimate of drug-likeness (QED) is 0.692. The van der Waals surface area contributed by atoms with Gasteiger partial charge < -0.3 is 15.4 Å². The van der Waals surface area contributed by atoms with Crippen LogP contribution in [-0.4, -0.2) is 22.0 Å². The Balaban J connectivity index is 1.93. The summed E-state index contributed by atoms with van der Waals surface area (Å²) in [6.07, 6.45) is 0. The highest BCUT2D eigenvalue weighted by Crippen LogP contribution is 2.28. The number of hydrogen-bond acceptors (Lipinski definition) is 3. The highest BCUT2D eigenvalue weighted by Gasteiger charge is 2.18. The molecule has 0 fully saturated rings. The average Bonchev–Trinajstić information content (AvgIpc) is 3.03. The fourth-order valence-electron chi connectivity index (χ4n) is 2.13. The molecule has 0 aliphatic rings. The molecule has 3 aromatic rings. The van der Waals surface area contributed by atoms with Crippen LogP contribution in [0, 0.1) is 6.92 Å². The highest BCUT2D eigenvalue weighted by atomic mass is 32.1. The Morgan fingerprint density at radius 1 is 1.29 bits per heavy atom. The number of hydrogen-bond donors (Lipinski definition) is 3. The summed E-state index contributed by atoms with van der Waals surface area (Å²) in [4.78, 5) is 26.6. The van der Waals surface area contributed by atoms with Gasteiger partial charge in [0, 0.05) is 10.9 Å². The monoisotopic (exact) mass is 300 g/mol. The van der Waals surface area contributed by atoms with Crippen LogP contribution < -0.4 is 5.32 Å². The van der Waals surface area contributed by atoms with Gasteiger partial charge in [-0.25, -0.2) is 4.79 Å². The Kier molecular flexibility index (Phi) is 3.23. The number of carbonyl (C=O) groups excluding carboxylic acids is 1. The molecule has 3 rings (SSSR count). The fourth-order valence-corrected chi connectivity index (χ4v) is 2.98. The van der Waals surface area contributed by atoms with Gasteiger partial charge in [-0.05, 0) is 30.0 Å². The SMILES string of the molecule is Cc1csc(C(=O)O)c1NC(=O)c1cc2ccccc2[nH]1. The summed E-state index contributed by atoms with van der Waals surface area (Å²) in [5.41, 5.74) is 2.36. The predicted molar refractivity (Wildman–Crippen MR) is 82.3 cm³/mol. The molecule has 0 atom stereocenters. The Labute approximate surface area is 124 Å². The minimum atomic E-state index is -1.04. The van der Waals surface area contributed by atoms with E-state index >= 15 is 0 Å². The predicted octanol–water partition coefficient (Wildman–Crippen LogP) is 3.49. The smallest absolute Gasteiger partial charge is 0.348 e. The molecule has 0 aliphatic heterocycles. The van der Waals surface area contributed by atoms with Crippen molar-refractivity contribution in [1.82, 2.24) is 4.98 Å². The number of para-hydroxylation sites is 1. The molecule has 1 amide bonds. The number of carboxylic acids is 1. The summed E-state index contributed by atoms with van der Waals surface area (Å²) in [6, 6.07) is 9.30. The summed E-state index contributed by atoms with van der Waals surface area (Å²) in [5, 5.41) is 14.5. The van der Waals surface area contributed by atoms with Crippen LogP contribution in [0.15, 0.2) is 35.7 Å². The summed E-state index contributed by atoms with van der Waals surface area (Å²) < 4.78 is 0. The third-order valence-electron chi connectivity index (χ3n) is 3.18. The molecule has 106 valence electrons. The van der Waals surface area contributed by atoms with Gasteiger partial charge >= 0.3 is 5.97 Å². The van der Waals surface area contributed by atoms with Crippen molar-refractivity contribution >= 4 is 39.8 Å². The van der Waals surface area contributed by atoms with Gasteiger partial charge in [0.05, 0.1) is 5.69 Å². The number of nitrogens with one attached hydrogen (secondary N) is 2. The first-order valence-electron chi connectivity index (χ1n) is 6.27. The van der Waals surface area contributed by atoms with Crippen molar-refractivity contribution in [1.29, 1.82) is 0 Å². The molecule has 0 saturated carbocycles. The van der Waals surface area contributed by atoms with Crippen LogP contribution in [0.4, 0.5) is 5.69 Å². The van der Waals surface area contributed by atoms with Gasteiger partial charge in [0.15, 0.2) is 0 Å². The highest BCUT2D eigenvalue weighted by molar-refractivity contribution is 7.12. The Morgan fingerprint density at radius 3 is 2.76 bits per heavy atom. The van der Waals surface area contributed by atoms with Crippen molar-refractivity contribution in [3.63, 3.8) is 0 Å². The van der Waals surface area contributed by atoms with E-state index in [2.05, 4.69) is 10.3 Å². The molecule has 6 heteroatoms. The second-order valence-corrected chi connectivity index (χ2v) is 5.53. The second-order valence-electron chi connectivity index (χ2n) is 4.65. The number of aromatic carboxylic acids is 1. The topological polar surface area (TPSA) is 82.2 Å². The molecule has 0 bridgehead atoms. The lowest BCUT2D eigenvalue weighted by Crippen LogP contribution is -2.14. The number of carboxylic acid groups (broad SMARTS) is 1. The number of aromatic nitrogens is 1. The third-order valence-corrected chi connectivity index (χ3v) is 4.27. The number of thiophene rings is 1. The number of fused-ring (bicyclic) bond motifs is 1. The van der Waals surface area contributed by atoms with Gasteiger partial charge in [0.1, 0.15) is 10.6 Å². The molecule has 3 N–H and O–H groups in total. The molecule has 2 heterocycles. The molecule has 0 radical (unpaired) electrons. The lowest BCUT2D eigenvalue weighted by atomic mass is 10.2. The van der Waals surface area contributed by atoms with Crippen LogP contribution in [0.1, 0.15) is 25.7 Å². The molecule has 1 aromatic carbocycles. The van der Waals surface area contributed by atoms with E-state index in [1.54, 1.807) is 18.4 Å². The van der Waals surface area contributed by atoms with Crippen LogP contribution in [0.25, 0.3) is 10.9 Å². The zero-order chi connectivity index (χ0) is 15.0. The van der Waals surface area contributed by atoms with Crippen LogP contribution in [0.2, 0.25) is 0 Å². The summed E-state index contributed by atoms with van der Waals surface area (Å²) in [7, 11) is 0. The molecule has 0 unspecified atom stereocenters. The summed E-state index contributed by atoms with van der Waals surface area (Å²) in [5.74, 6) is -1.39. The maximum absolute atomic E-state index is 12.3. The van der Waals surface area contributed by atoms with Crippen molar-refractivity contribution in [3.05, 3.63) is 51.8 Å². The summed E-state index contributed by atoms with van der Waals surface area (Å²) >= 11 is 1.10. The minimum Gasteiger partial charge on any atom is -0.477 e. The standard InChI is InChI=1S/C15H12N2O3S/c1-8-7-21-13(15(19)20)12(8)17-14(18)11-6-9-4-2-3-5-10(9)16-11/h2-7,16H,1H3,(H,17,18)(H,19,20). The van der Waals surface area contributed by atoms with Gasteiger partial charge in [-0.1, -0.05) is 18.2 Å². The maximum Gasteiger partial charge on any atom is 0.348 e. The number of amides is 1. The fraction of sp³-hybridized carbons (Fsp3) is 0.0667. The largest absolute Gasteiger partial charge is 0.477 e. The lowest BCUT2D eigenvalue weighted by molar-refractivity contribution is 0.0703. The first-order valence-corrected chi connectivity index (χ1v) is 7.14. The zero-order valence-corrected chi connectivity index (χ0v) is 12.0. The van der Waals surface area contributed by atoms with Gasteiger partial charge in [0.2, 0.25) is 0 Å². The van der Waals surface area contributed by atoms with Crippen LogP contribution in [-0.2, 0) is 0 Å². The Morgan fingerprint density at radius 2 is 2.05 bits per heavy atom. The van der Waals surface area contributed by atoms with E-state index in [9.17, 15) is 9.59 Å². The number of H-pyrrole nitrogens is 1. The van der Waals surface area contributed by atoms with Gasteiger partial charge in [0.25, 0.3) is 5.91 Å². The van der Waals surface area contributed by atoms with Gasteiger partial charge in [-0.15, -0.1) is 11.3 Å². The van der Waals surface area contributed by atoms with Crippen LogP contribution in [0.5, 0.6) is 0 Å². The molecule has 0 spiro atoms. The third kappa shape index (κ3) is 2.41. The molecule has 21 heavy (non-hydrogen) atoms. The first kappa shape index (κ1) is 13.4. The molecule has 5 nitrogen and oxygen atoms in total. The number of carbonyl (C=O) groups is 2. The van der Waals surface area contributed by atoms with E-state index in [1.807, 2.05) is 24.3 Å². The number of anilines is 1. The number of rotatable bonds is 3. The lowest BCUT2D eigenvalue weighted by Gasteiger charge is -2.04. The minimum absolute atomic E-state index is 0.136. The number of aromatic amines is 1. The van der Waals surface area contributed by atoms with E-state index in [1.165, 1.54) is 0 Å². The molecule has 0 saturated heterocycles. The second kappa shape index (κ2) is 5.06. The van der Waals surface area contributed by atoms with Crippen molar-refractivity contribution < 1.29 is 14.7 Å². The van der Waals surface area contributed by atoms with Crippen molar-refractivity contribution in [2.45, 2.75) is 6.92 Å². The first-order chi connectivity index (χ1) is 10.1.